The van der Waals surface area contributed by atoms with E-state index in [2.05, 4.69) is 17.2 Å². The van der Waals surface area contributed by atoms with Crippen LogP contribution in [0.1, 0.15) is 19.8 Å². The van der Waals surface area contributed by atoms with Crippen LogP contribution in [0.3, 0.4) is 0 Å². The summed E-state index contributed by atoms with van der Waals surface area (Å²) in [6.07, 6.45) is 4.01. The predicted molar refractivity (Wildman–Crippen MR) is 52.6 cm³/mol. The van der Waals surface area contributed by atoms with E-state index in [0.29, 0.717) is 5.02 Å². The smallest absolute Gasteiger partial charge is 0.125 e. The van der Waals surface area contributed by atoms with Crippen molar-refractivity contribution < 1.29 is 0 Å². The van der Waals surface area contributed by atoms with Crippen LogP contribution in [-0.4, -0.2) is 11.5 Å². The highest BCUT2D eigenvalue weighted by Gasteiger charge is 1.91. The van der Waals surface area contributed by atoms with Crippen molar-refractivity contribution in [2.75, 3.05) is 11.9 Å². The maximum Gasteiger partial charge on any atom is 0.125 e. The third-order valence-corrected chi connectivity index (χ3v) is 1.79. The van der Waals surface area contributed by atoms with Crippen molar-refractivity contribution in [3.63, 3.8) is 0 Å². The van der Waals surface area contributed by atoms with Crippen LogP contribution in [0.4, 0.5) is 5.82 Å². The van der Waals surface area contributed by atoms with E-state index < -0.39 is 0 Å². The molecule has 0 saturated carbocycles. The maximum absolute atomic E-state index is 5.68. The Hall–Kier alpha value is -0.760. The van der Waals surface area contributed by atoms with Crippen molar-refractivity contribution in [1.82, 2.24) is 4.98 Å². The molecule has 0 spiro atoms. The molecule has 0 fully saturated rings. The SMILES string of the molecule is CCCCNc1ccc(Cl)cn1. The Morgan fingerprint density at radius 1 is 1.50 bits per heavy atom. The molecule has 0 bridgehead atoms. The number of pyridine rings is 1. The van der Waals surface area contributed by atoms with Crippen LogP contribution in [0, 0.1) is 0 Å². The number of anilines is 1. The minimum atomic E-state index is 0.677. The monoisotopic (exact) mass is 184 g/mol. The fourth-order valence-electron chi connectivity index (χ4n) is 0.874. The molecule has 1 N–H and O–H groups in total. The normalized spacial score (nSPS) is 9.83. The molecule has 0 unspecified atom stereocenters. The van der Waals surface area contributed by atoms with Gasteiger partial charge in [0.05, 0.1) is 5.02 Å². The van der Waals surface area contributed by atoms with Gasteiger partial charge in [-0.05, 0) is 18.6 Å². The topological polar surface area (TPSA) is 24.9 Å². The summed E-state index contributed by atoms with van der Waals surface area (Å²) in [4.78, 5) is 4.11. The molecule has 66 valence electrons. The van der Waals surface area contributed by atoms with Gasteiger partial charge < -0.3 is 5.32 Å². The highest BCUT2D eigenvalue weighted by atomic mass is 35.5. The van der Waals surface area contributed by atoms with Gasteiger partial charge in [-0.1, -0.05) is 24.9 Å². The van der Waals surface area contributed by atoms with E-state index in [1.54, 1.807) is 6.20 Å². The van der Waals surface area contributed by atoms with Crippen LogP contribution in [0.2, 0.25) is 5.02 Å². The average molecular weight is 185 g/mol. The zero-order chi connectivity index (χ0) is 8.81. The number of unbranched alkanes of at least 4 members (excludes halogenated alkanes) is 1. The second-order valence-electron chi connectivity index (χ2n) is 2.64. The molecule has 0 atom stereocenters. The molecule has 0 amide bonds. The molecule has 0 aliphatic heterocycles. The number of nitrogens with one attached hydrogen (secondary N) is 1. The Balaban J connectivity index is 2.37. The molecule has 12 heavy (non-hydrogen) atoms. The Morgan fingerprint density at radius 3 is 2.92 bits per heavy atom. The lowest BCUT2D eigenvalue weighted by molar-refractivity contribution is 0.831. The Labute approximate surface area is 78.0 Å². The van der Waals surface area contributed by atoms with Crippen LogP contribution >= 0.6 is 11.6 Å². The zero-order valence-electron chi connectivity index (χ0n) is 7.18. The third-order valence-electron chi connectivity index (χ3n) is 1.56. The number of nitrogens with zero attached hydrogens (tertiary/aromatic N) is 1. The minimum absolute atomic E-state index is 0.677. The van der Waals surface area contributed by atoms with Crippen LogP contribution in [0.5, 0.6) is 0 Å². The molecule has 1 heterocycles. The van der Waals surface area contributed by atoms with Crippen molar-refractivity contribution in [2.45, 2.75) is 19.8 Å². The van der Waals surface area contributed by atoms with E-state index in [1.807, 2.05) is 12.1 Å². The number of aromatic nitrogens is 1. The molecule has 1 rings (SSSR count). The quantitative estimate of drug-likeness (QED) is 0.728. The standard InChI is InChI=1S/C9H13ClN2/c1-2-3-6-11-9-5-4-8(10)7-12-9/h4-5,7H,2-3,6H2,1H3,(H,11,12). The largest absolute Gasteiger partial charge is 0.370 e. The molecule has 0 radical (unpaired) electrons. The minimum Gasteiger partial charge on any atom is -0.370 e. The van der Waals surface area contributed by atoms with E-state index in [1.165, 1.54) is 12.8 Å². The summed E-state index contributed by atoms with van der Waals surface area (Å²) in [6, 6.07) is 3.72. The molecule has 0 aliphatic carbocycles. The Morgan fingerprint density at radius 2 is 2.33 bits per heavy atom. The second kappa shape index (κ2) is 4.99. The summed E-state index contributed by atoms with van der Waals surface area (Å²) in [5, 5.41) is 3.88. The number of rotatable bonds is 4. The first-order chi connectivity index (χ1) is 5.83. The van der Waals surface area contributed by atoms with Gasteiger partial charge in [0.25, 0.3) is 0 Å². The summed E-state index contributed by atoms with van der Waals surface area (Å²) in [7, 11) is 0. The zero-order valence-corrected chi connectivity index (χ0v) is 7.93. The molecule has 0 aliphatic rings. The third kappa shape index (κ3) is 3.09. The van der Waals surface area contributed by atoms with Gasteiger partial charge in [-0.25, -0.2) is 4.98 Å². The number of halogens is 1. The summed E-state index contributed by atoms with van der Waals surface area (Å²) < 4.78 is 0. The van der Waals surface area contributed by atoms with Gasteiger partial charge in [0, 0.05) is 12.7 Å². The first kappa shape index (κ1) is 9.33. The second-order valence-corrected chi connectivity index (χ2v) is 3.08. The average Bonchev–Trinajstić information content (AvgIpc) is 2.09. The summed E-state index contributed by atoms with van der Waals surface area (Å²) in [5.74, 6) is 0.896. The summed E-state index contributed by atoms with van der Waals surface area (Å²) >= 11 is 5.68. The Bertz CT molecular complexity index is 220. The Kier molecular flexibility index (Phi) is 3.88. The van der Waals surface area contributed by atoms with Crippen LogP contribution in [0.25, 0.3) is 0 Å². The molecular formula is C9H13ClN2. The number of hydrogen-bond acceptors (Lipinski definition) is 2. The van der Waals surface area contributed by atoms with E-state index in [9.17, 15) is 0 Å². The van der Waals surface area contributed by atoms with Gasteiger partial charge in [0.15, 0.2) is 0 Å². The summed E-state index contributed by atoms with van der Waals surface area (Å²) in [6.45, 7) is 3.14. The highest BCUT2D eigenvalue weighted by molar-refractivity contribution is 6.30. The first-order valence-corrected chi connectivity index (χ1v) is 4.56. The molecule has 1 aromatic rings. The van der Waals surface area contributed by atoms with E-state index in [0.717, 1.165) is 12.4 Å². The van der Waals surface area contributed by atoms with Crippen LogP contribution < -0.4 is 5.32 Å². The first-order valence-electron chi connectivity index (χ1n) is 4.18. The maximum atomic E-state index is 5.68. The molecule has 2 nitrogen and oxygen atoms in total. The van der Waals surface area contributed by atoms with Crippen LogP contribution in [0.15, 0.2) is 18.3 Å². The lowest BCUT2D eigenvalue weighted by atomic mass is 10.3. The lowest BCUT2D eigenvalue weighted by Gasteiger charge is -2.02. The van der Waals surface area contributed by atoms with Crippen molar-refractivity contribution in [1.29, 1.82) is 0 Å². The van der Waals surface area contributed by atoms with Gasteiger partial charge >= 0.3 is 0 Å². The van der Waals surface area contributed by atoms with Gasteiger partial charge in [-0.3, -0.25) is 0 Å². The molecule has 1 aromatic heterocycles. The molecular weight excluding hydrogens is 172 g/mol. The van der Waals surface area contributed by atoms with Crippen molar-refractivity contribution in [2.24, 2.45) is 0 Å². The van der Waals surface area contributed by atoms with Gasteiger partial charge in [-0.2, -0.15) is 0 Å². The van der Waals surface area contributed by atoms with Crippen molar-refractivity contribution >= 4 is 17.4 Å². The van der Waals surface area contributed by atoms with Gasteiger partial charge in [-0.15, -0.1) is 0 Å². The molecule has 3 heteroatoms. The van der Waals surface area contributed by atoms with Crippen molar-refractivity contribution in [3.05, 3.63) is 23.4 Å². The van der Waals surface area contributed by atoms with Gasteiger partial charge in [0.2, 0.25) is 0 Å². The fraction of sp³-hybridized carbons (Fsp3) is 0.444. The van der Waals surface area contributed by atoms with E-state index in [4.69, 9.17) is 11.6 Å². The summed E-state index contributed by atoms with van der Waals surface area (Å²) in [5.41, 5.74) is 0. The molecule has 0 saturated heterocycles. The highest BCUT2D eigenvalue weighted by Crippen LogP contribution is 2.09. The number of hydrogen-bond donors (Lipinski definition) is 1. The lowest BCUT2D eigenvalue weighted by Crippen LogP contribution is -2.01. The predicted octanol–water partition coefficient (Wildman–Crippen LogP) is 2.95. The van der Waals surface area contributed by atoms with Gasteiger partial charge in [0.1, 0.15) is 5.82 Å². The van der Waals surface area contributed by atoms with E-state index >= 15 is 0 Å². The fourth-order valence-corrected chi connectivity index (χ4v) is 0.985. The van der Waals surface area contributed by atoms with Crippen molar-refractivity contribution in [3.8, 4) is 0 Å². The molecule has 0 aromatic carbocycles. The van der Waals surface area contributed by atoms with E-state index in [-0.39, 0.29) is 0 Å². The van der Waals surface area contributed by atoms with Crippen LogP contribution in [-0.2, 0) is 0 Å².